The zero-order valence-electron chi connectivity index (χ0n) is 11.8. The summed E-state index contributed by atoms with van der Waals surface area (Å²) in [5.74, 6) is 0.999. The van der Waals surface area contributed by atoms with Crippen LogP contribution in [0.2, 0.25) is 0 Å². The number of hydrogen-bond donors (Lipinski definition) is 1. The van der Waals surface area contributed by atoms with E-state index >= 15 is 0 Å². The van der Waals surface area contributed by atoms with Crippen LogP contribution in [0.3, 0.4) is 0 Å². The van der Waals surface area contributed by atoms with E-state index in [9.17, 15) is 0 Å². The highest BCUT2D eigenvalue weighted by Gasteiger charge is 2.34. The predicted molar refractivity (Wildman–Crippen MR) is 76.1 cm³/mol. The van der Waals surface area contributed by atoms with Crippen LogP contribution in [0.25, 0.3) is 0 Å². The Balaban J connectivity index is 2.27. The highest BCUT2D eigenvalue weighted by atomic mass is 16.5. The lowest BCUT2D eigenvalue weighted by atomic mass is 9.78. The molecule has 0 heterocycles. The second-order valence-electron chi connectivity index (χ2n) is 5.84. The summed E-state index contributed by atoms with van der Waals surface area (Å²) in [6.07, 6.45) is 5.30. The van der Waals surface area contributed by atoms with Crippen molar-refractivity contribution in [3.05, 3.63) is 29.3 Å². The first-order chi connectivity index (χ1) is 8.57. The van der Waals surface area contributed by atoms with E-state index in [0.717, 1.165) is 12.3 Å². The number of nitrogens with two attached hydrogens (primary N) is 1. The van der Waals surface area contributed by atoms with Gasteiger partial charge >= 0.3 is 0 Å². The van der Waals surface area contributed by atoms with E-state index in [1.165, 1.54) is 36.8 Å². The summed E-state index contributed by atoms with van der Waals surface area (Å²) < 4.78 is 5.80. The molecule has 1 aromatic rings. The first-order valence-corrected chi connectivity index (χ1v) is 7.05. The lowest BCUT2D eigenvalue weighted by molar-refractivity contribution is 0.240. The van der Waals surface area contributed by atoms with Gasteiger partial charge in [0.25, 0.3) is 0 Å². The summed E-state index contributed by atoms with van der Waals surface area (Å²) in [6, 6.07) is 6.60. The van der Waals surface area contributed by atoms with Gasteiger partial charge in [-0.25, -0.2) is 0 Å². The SMILES string of the molecule is Cc1cc(C2(CN)CCCC2)ccc1OC(C)C. The van der Waals surface area contributed by atoms with Gasteiger partial charge < -0.3 is 10.5 Å². The van der Waals surface area contributed by atoms with Crippen molar-refractivity contribution >= 4 is 0 Å². The molecular formula is C16H25NO. The molecule has 1 fully saturated rings. The summed E-state index contributed by atoms with van der Waals surface area (Å²) in [4.78, 5) is 0. The van der Waals surface area contributed by atoms with Gasteiger partial charge in [-0.15, -0.1) is 0 Å². The Morgan fingerprint density at radius 1 is 1.28 bits per heavy atom. The van der Waals surface area contributed by atoms with E-state index < -0.39 is 0 Å². The van der Waals surface area contributed by atoms with Crippen LogP contribution in [-0.2, 0) is 5.41 Å². The molecule has 1 saturated carbocycles. The molecule has 1 aliphatic rings. The third-order valence-corrected chi connectivity index (χ3v) is 4.10. The fourth-order valence-corrected chi connectivity index (χ4v) is 3.03. The molecule has 0 radical (unpaired) electrons. The molecule has 2 N–H and O–H groups in total. The number of ether oxygens (including phenoxy) is 1. The van der Waals surface area contributed by atoms with Gasteiger partial charge in [-0.2, -0.15) is 0 Å². The summed E-state index contributed by atoms with van der Waals surface area (Å²) in [5.41, 5.74) is 8.88. The summed E-state index contributed by atoms with van der Waals surface area (Å²) in [5, 5.41) is 0. The monoisotopic (exact) mass is 247 g/mol. The van der Waals surface area contributed by atoms with Crippen LogP contribution in [0, 0.1) is 6.92 Å². The Morgan fingerprint density at radius 2 is 1.94 bits per heavy atom. The maximum absolute atomic E-state index is 6.04. The molecule has 1 aromatic carbocycles. The molecule has 2 nitrogen and oxygen atoms in total. The Labute approximate surface area is 111 Å². The van der Waals surface area contributed by atoms with Crippen molar-refractivity contribution in [2.24, 2.45) is 5.73 Å². The Bertz CT molecular complexity index is 406. The van der Waals surface area contributed by atoms with Gasteiger partial charge in [0, 0.05) is 12.0 Å². The van der Waals surface area contributed by atoms with E-state index in [2.05, 4.69) is 39.0 Å². The molecule has 0 spiro atoms. The number of rotatable bonds is 4. The number of benzene rings is 1. The first kappa shape index (κ1) is 13.4. The van der Waals surface area contributed by atoms with Gasteiger partial charge in [-0.1, -0.05) is 25.0 Å². The van der Waals surface area contributed by atoms with Crippen molar-refractivity contribution in [3.63, 3.8) is 0 Å². The van der Waals surface area contributed by atoms with E-state index in [-0.39, 0.29) is 11.5 Å². The van der Waals surface area contributed by atoms with Gasteiger partial charge in [-0.05, 0) is 50.8 Å². The Morgan fingerprint density at radius 3 is 2.44 bits per heavy atom. The first-order valence-electron chi connectivity index (χ1n) is 7.05. The van der Waals surface area contributed by atoms with Gasteiger partial charge in [-0.3, -0.25) is 0 Å². The molecule has 100 valence electrons. The Kier molecular flexibility index (Phi) is 3.96. The van der Waals surface area contributed by atoms with Crippen LogP contribution in [0.1, 0.15) is 50.7 Å². The topological polar surface area (TPSA) is 35.2 Å². The minimum atomic E-state index is 0.223. The normalized spacial score (nSPS) is 18.3. The van der Waals surface area contributed by atoms with Gasteiger partial charge in [0.15, 0.2) is 0 Å². The molecule has 0 saturated heterocycles. The molecular weight excluding hydrogens is 222 g/mol. The third kappa shape index (κ3) is 2.54. The van der Waals surface area contributed by atoms with Crippen molar-refractivity contribution in [2.45, 2.75) is 58.0 Å². The lowest BCUT2D eigenvalue weighted by Gasteiger charge is -2.28. The zero-order valence-corrected chi connectivity index (χ0v) is 11.8. The molecule has 0 amide bonds. The van der Waals surface area contributed by atoms with E-state index in [1.807, 2.05) is 0 Å². The minimum Gasteiger partial charge on any atom is -0.491 e. The minimum absolute atomic E-state index is 0.223. The van der Waals surface area contributed by atoms with Crippen LogP contribution in [0.15, 0.2) is 18.2 Å². The predicted octanol–water partition coefficient (Wildman–Crippen LogP) is 3.55. The largest absolute Gasteiger partial charge is 0.491 e. The van der Waals surface area contributed by atoms with Crippen molar-refractivity contribution in [1.29, 1.82) is 0 Å². The van der Waals surface area contributed by atoms with Crippen LogP contribution >= 0.6 is 0 Å². The second-order valence-corrected chi connectivity index (χ2v) is 5.84. The molecule has 1 aliphatic carbocycles. The van der Waals surface area contributed by atoms with Crippen LogP contribution in [-0.4, -0.2) is 12.6 Å². The average molecular weight is 247 g/mol. The summed E-state index contributed by atoms with van der Waals surface area (Å²) >= 11 is 0. The molecule has 2 heteroatoms. The van der Waals surface area contributed by atoms with E-state index in [1.54, 1.807) is 0 Å². The van der Waals surface area contributed by atoms with Crippen LogP contribution in [0.4, 0.5) is 0 Å². The fourth-order valence-electron chi connectivity index (χ4n) is 3.03. The van der Waals surface area contributed by atoms with Crippen molar-refractivity contribution in [1.82, 2.24) is 0 Å². The lowest BCUT2D eigenvalue weighted by Crippen LogP contribution is -2.32. The molecule has 0 unspecified atom stereocenters. The van der Waals surface area contributed by atoms with Crippen LogP contribution < -0.4 is 10.5 Å². The highest BCUT2D eigenvalue weighted by Crippen LogP contribution is 2.41. The highest BCUT2D eigenvalue weighted by molar-refractivity contribution is 5.40. The van der Waals surface area contributed by atoms with E-state index in [0.29, 0.717) is 0 Å². The summed E-state index contributed by atoms with van der Waals surface area (Å²) in [7, 11) is 0. The smallest absolute Gasteiger partial charge is 0.122 e. The van der Waals surface area contributed by atoms with Crippen LogP contribution in [0.5, 0.6) is 5.75 Å². The molecule has 0 aromatic heterocycles. The van der Waals surface area contributed by atoms with Crippen molar-refractivity contribution < 1.29 is 4.74 Å². The third-order valence-electron chi connectivity index (χ3n) is 4.10. The maximum Gasteiger partial charge on any atom is 0.122 e. The second kappa shape index (κ2) is 5.31. The molecule has 0 aliphatic heterocycles. The average Bonchev–Trinajstić information content (AvgIpc) is 2.81. The summed E-state index contributed by atoms with van der Waals surface area (Å²) in [6.45, 7) is 7.01. The molecule has 2 rings (SSSR count). The van der Waals surface area contributed by atoms with Gasteiger partial charge in [0.05, 0.1) is 6.10 Å². The molecule has 18 heavy (non-hydrogen) atoms. The molecule has 0 atom stereocenters. The maximum atomic E-state index is 6.04. The van der Waals surface area contributed by atoms with Gasteiger partial charge in [0.2, 0.25) is 0 Å². The number of aryl methyl sites for hydroxylation is 1. The van der Waals surface area contributed by atoms with E-state index in [4.69, 9.17) is 10.5 Å². The fraction of sp³-hybridized carbons (Fsp3) is 0.625. The standard InChI is InChI=1S/C16H25NO/c1-12(2)18-15-7-6-14(10-13(15)3)16(11-17)8-4-5-9-16/h6-7,10,12H,4-5,8-9,11,17H2,1-3H3. The van der Waals surface area contributed by atoms with Crippen molar-refractivity contribution in [2.75, 3.05) is 6.54 Å². The van der Waals surface area contributed by atoms with Gasteiger partial charge in [0.1, 0.15) is 5.75 Å². The zero-order chi connectivity index (χ0) is 13.2. The quantitative estimate of drug-likeness (QED) is 0.883. The Hall–Kier alpha value is -1.02. The van der Waals surface area contributed by atoms with Crippen molar-refractivity contribution in [3.8, 4) is 5.75 Å². The molecule has 0 bridgehead atoms. The number of hydrogen-bond acceptors (Lipinski definition) is 2.